The van der Waals surface area contributed by atoms with Crippen LogP contribution in [0.1, 0.15) is 25.8 Å². The zero-order valence-corrected chi connectivity index (χ0v) is 13.3. The number of nitrogens with zero attached hydrogens (tertiary/aromatic N) is 1. The molecule has 0 aromatic heterocycles. The van der Waals surface area contributed by atoms with Gasteiger partial charge < -0.3 is 15.5 Å². The molecule has 1 aromatic carbocycles. The monoisotopic (exact) mass is 297 g/mol. The van der Waals surface area contributed by atoms with Crippen molar-refractivity contribution in [2.45, 2.75) is 26.8 Å². The van der Waals surface area contributed by atoms with E-state index in [0.29, 0.717) is 19.6 Å². The van der Waals surface area contributed by atoms with Crippen LogP contribution >= 0.6 is 11.6 Å². The highest BCUT2D eigenvalue weighted by Crippen LogP contribution is 2.26. The number of anilines is 1. The number of rotatable bonds is 8. The van der Waals surface area contributed by atoms with E-state index in [4.69, 9.17) is 11.6 Å². The van der Waals surface area contributed by atoms with Gasteiger partial charge in [-0.05, 0) is 32.0 Å². The van der Waals surface area contributed by atoms with Crippen LogP contribution in [0.4, 0.5) is 5.69 Å². The molecule has 0 saturated heterocycles. The first-order valence-electron chi connectivity index (χ1n) is 7.06. The number of amides is 1. The summed E-state index contributed by atoms with van der Waals surface area (Å²) in [6.45, 7) is 6.68. The normalized spacial score (nSPS) is 10.4. The average Bonchev–Trinajstić information content (AvgIpc) is 2.40. The smallest absolute Gasteiger partial charge is 0.239 e. The summed E-state index contributed by atoms with van der Waals surface area (Å²) in [6, 6.07) is 5.79. The molecule has 4 nitrogen and oxygen atoms in total. The number of halogens is 1. The highest BCUT2D eigenvalue weighted by atomic mass is 35.5. The molecule has 0 heterocycles. The van der Waals surface area contributed by atoms with Gasteiger partial charge in [0.1, 0.15) is 0 Å². The van der Waals surface area contributed by atoms with Crippen LogP contribution in [0, 0.1) is 0 Å². The largest absolute Gasteiger partial charge is 0.365 e. The maximum absolute atomic E-state index is 11.7. The van der Waals surface area contributed by atoms with Crippen molar-refractivity contribution >= 4 is 23.2 Å². The van der Waals surface area contributed by atoms with Crippen molar-refractivity contribution < 1.29 is 4.79 Å². The molecule has 0 radical (unpaired) electrons. The molecule has 0 bridgehead atoms. The van der Waals surface area contributed by atoms with Crippen LogP contribution in [0.5, 0.6) is 0 Å². The third-order valence-electron chi connectivity index (χ3n) is 2.99. The molecule has 0 unspecified atom stereocenters. The van der Waals surface area contributed by atoms with E-state index in [9.17, 15) is 4.79 Å². The predicted octanol–water partition coefficient (Wildman–Crippen LogP) is 2.41. The molecular weight excluding hydrogens is 274 g/mol. The van der Waals surface area contributed by atoms with Gasteiger partial charge in [0.2, 0.25) is 5.91 Å². The Bertz CT molecular complexity index is 437. The lowest BCUT2D eigenvalue weighted by molar-refractivity contribution is -0.119. The van der Waals surface area contributed by atoms with Crippen LogP contribution in [0.3, 0.4) is 0 Å². The summed E-state index contributed by atoms with van der Waals surface area (Å²) in [5.74, 6) is 0.0162. The molecule has 2 N–H and O–H groups in total. The standard InChI is InChI=1S/C15H24ClN3O/c1-4-9-17-10-12-13(16)7-6-8-14(12)19(3)11-15(20)18-5-2/h6-8,17H,4-5,9-11H2,1-3H3,(H,18,20). The minimum Gasteiger partial charge on any atom is -0.365 e. The van der Waals surface area contributed by atoms with E-state index in [2.05, 4.69) is 17.6 Å². The summed E-state index contributed by atoms with van der Waals surface area (Å²) in [7, 11) is 1.91. The molecule has 112 valence electrons. The summed E-state index contributed by atoms with van der Waals surface area (Å²) < 4.78 is 0. The Morgan fingerprint density at radius 3 is 2.75 bits per heavy atom. The fourth-order valence-corrected chi connectivity index (χ4v) is 2.26. The van der Waals surface area contributed by atoms with E-state index >= 15 is 0 Å². The Hall–Kier alpha value is -1.26. The van der Waals surface area contributed by atoms with Gasteiger partial charge in [0.25, 0.3) is 0 Å². The van der Waals surface area contributed by atoms with Crippen LogP contribution in [0.25, 0.3) is 0 Å². The Balaban J connectivity index is 2.81. The summed E-state index contributed by atoms with van der Waals surface area (Å²) in [6.07, 6.45) is 1.08. The molecule has 0 fully saturated rings. The van der Waals surface area contributed by atoms with Crippen LogP contribution in [-0.2, 0) is 11.3 Å². The highest BCUT2D eigenvalue weighted by molar-refractivity contribution is 6.31. The molecule has 0 aliphatic heterocycles. The lowest BCUT2D eigenvalue weighted by Gasteiger charge is -2.23. The molecule has 0 aliphatic rings. The molecule has 0 aliphatic carbocycles. The molecular formula is C15H24ClN3O. The summed E-state index contributed by atoms with van der Waals surface area (Å²) in [4.78, 5) is 13.6. The molecule has 1 amide bonds. The zero-order valence-electron chi connectivity index (χ0n) is 12.5. The minimum atomic E-state index is 0.0162. The molecule has 1 rings (SSSR count). The molecule has 0 atom stereocenters. The van der Waals surface area contributed by atoms with Crippen molar-refractivity contribution in [2.75, 3.05) is 31.6 Å². The van der Waals surface area contributed by atoms with Gasteiger partial charge in [-0.3, -0.25) is 4.79 Å². The Labute approximate surface area is 126 Å². The van der Waals surface area contributed by atoms with E-state index in [1.54, 1.807) is 0 Å². The van der Waals surface area contributed by atoms with Gasteiger partial charge in [-0.15, -0.1) is 0 Å². The van der Waals surface area contributed by atoms with Crippen LogP contribution in [0.15, 0.2) is 18.2 Å². The van der Waals surface area contributed by atoms with E-state index in [1.807, 2.05) is 37.1 Å². The van der Waals surface area contributed by atoms with Gasteiger partial charge in [-0.25, -0.2) is 0 Å². The van der Waals surface area contributed by atoms with Gasteiger partial charge >= 0.3 is 0 Å². The summed E-state index contributed by atoms with van der Waals surface area (Å²) in [5.41, 5.74) is 2.03. The lowest BCUT2D eigenvalue weighted by atomic mass is 10.1. The molecule has 20 heavy (non-hydrogen) atoms. The first-order chi connectivity index (χ1) is 9.60. The minimum absolute atomic E-state index is 0.0162. The molecule has 0 saturated carbocycles. The van der Waals surface area contributed by atoms with Gasteiger partial charge in [0.15, 0.2) is 0 Å². The molecule has 1 aromatic rings. The van der Waals surface area contributed by atoms with Gasteiger partial charge in [-0.1, -0.05) is 24.6 Å². The first-order valence-corrected chi connectivity index (χ1v) is 7.43. The van der Waals surface area contributed by atoms with Crippen molar-refractivity contribution in [1.82, 2.24) is 10.6 Å². The zero-order chi connectivity index (χ0) is 15.0. The second kappa shape index (κ2) is 8.82. The van der Waals surface area contributed by atoms with E-state index in [-0.39, 0.29) is 5.91 Å². The number of carbonyl (C=O) groups is 1. The molecule has 0 spiro atoms. The third kappa shape index (κ3) is 5.02. The Morgan fingerprint density at radius 1 is 1.35 bits per heavy atom. The lowest BCUT2D eigenvalue weighted by Crippen LogP contribution is -2.35. The summed E-state index contributed by atoms with van der Waals surface area (Å²) >= 11 is 6.28. The van der Waals surface area contributed by atoms with E-state index in [1.165, 1.54) is 0 Å². The van der Waals surface area contributed by atoms with Crippen molar-refractivity contribution in [2.24, 2.45) is 0 Å². The molecule has 5 heteroatoms. The second-order valence-corrected chi connectivity index (χ2v) is 5.13. The van der Waals surface area contributed by atoms with Crippen molar-refractivity contribution in [3.8, 4) is 0 Å². The van der Waals surface area contributed by atoms with Crippen LogP contribution in [-0.4, -0.2) is 32.6 Å². The highest BCUT2D eigenvalue weighted by Gasteiger charge is 2.13. The number of hydrogen-bond acceptors (Lipinski definition) is 3. The number of nitrogens with one attached hydrogen (secondary N) is 2. The SMILES string of the molecule is CCCNCc1c(Cl)cccc1N(C)CC(=O)NCC. The first kappa shape index (κ1) is 16.8. The Morgan fingerprint density at radius 2 is 2.10 bits per heavy atom. The summed E-state index contributed by atoms with van der Waals surface area (Å²) in [5, 5.41) is 6.89. The number of likely N-dealkylation sites (N-methyl/N-ethyl adjacent to an activating group) is 2. The van der Waals surface area contributed by atoms with E-state index < -0.39 is 0 Å². The maximum atomic E-state index is 11.7. The quantitative estimate of drug-likeness (QED) is 0.724. The van der Waals surface area contributed by atoms with Crippen molar-refractivity contribution in [1.29, 1.82) is 0 Å². The Kier molecular flexibility index (Phi) is 7.41. The fourth-order valence-electron chi connectivity index (χ4n) is 2.02. The number of carbonyl (C=O) groups excluding carboxylic acids is 1. The number of benzene rings is 1. The van der Waals surface area contributed by atoms with Gasteiger partial charge in [0.05, 0.1) is 6.54 Å². The van der Waals surface area contributed by atoms with Crippen molar-refractivity contribution in [3.63, 3.8) is 0 Å². The van der Waals surface area contributed by atoms with Crippen LogP contribution in [0.2, 0.25) is 5.02 Å². The van der Waals surface area contributed by atoms with E-state index in [0.717, 1.165) is 29.2 Å². The number of hydrogen-bond donors (Lipinski definition) is 2. The van der Waals surface area contributed by atoms with Gasteiger partial charge in [-0.2, -0.15) is 0 Å². The van der Waals surface area contributed by atoms with Crippen LogP contribution < -0.4 is 15.5 Å². The van der Waals surface area contributed by atoms with Gasteiger partial charge in [0, 0.05) is 36.4 Å². The fraction of sp³-hybridized carbons (Fsp3) is 0.533. The second-order valence-electron chi connectivity index (χ2n) is 4.72. The predicted molar refractivity (Wildman–Crippen MR) is 85.4 cm³/mol. The van der Waals surface area contributed by atoms with Crippen molar-refractivity contribution in [3.05, 3.63) is 28.8 Å². The topological polar surface area (TPSA) is 44.4 Å². The third-order valence-corrected chi connectivity index (χ3v) is 3.34. The maximum Gasteiger partial charge on any atom is 0.239 e. The average molecular weight is 298 g/mol.